The molecule has 0 bridgehead atoms. The van der Waals surface area contributed by atoms with E-state index < -0.39 is 0 Å². The molecule has 0 saturated carbocycles. The maximum absolute atomic E-state index is 13.9. The molecule has 3 nitrogen and oxygen atoms in total. The van der Waals surface area contributed by atoms with Crippen molar-refractivity contribution < 1.29 is 17.9 Å². The summed E-state index contributed by atoms with van der Waals surface area (Å²) in [6.07, 6.45) is 0.562. The van der Waals surface area contributed by atoms with E-state index in [2.05, 4.69) is 0 Å². The largest absolute Gasteiger partial charge is 0.486 e. The zero-order valence-corrected chi connectivity index (χ0v) is 16.4. The van der Waals surface area contributed by atoms with Gasteiger partial charge in [0.05, 0.1) is 12.1 Å². The van der Waals surface area contributed by atoms with Gasteiger partial charge in [-0.3, -0.25) is 4.99 Å². The van der Waals surface area contributed by atoms with Crippen molar-refractivity contribution in [1.29, 1.82) is 0 Å². The standard InChI is InChI=1S/C24H21F3N2O/c1-29-23(17-6-3-8-19(26)12-17)14-22(16-5-2-7-18(25)11-16)28-24(29)15-30-21-10-4-9-20(27)13-21/h2-13,22-23H,14-15H2,1H3/t22-,23?/m0/s1. The van der Waals surface area contributed by atoms with Gasteiger partial charge < -0.3 is 9.64 Å². The molecule has 0 amide bonds. The maximum atomic E-state index is 13.9. The van der Waals surface area contributed by atoms with Gasteiger partial charge in [0.2, 0.25) is 0 Å². The second-order valence-corrected chi connectivity index (χ2v) is 7.28. The quantitative estimate of drug-likeness (QED) is 0.539. The van der Waals surface area contributed by atoms with Gasteiger partial charge in [-0.05, 0) is 53.9 Å². The minimum absolute atomic E-state index is 0.109. The second-order valence-electron chi connectivity index (χ2n) is 7.28. The predicted molar refractivity (Wildman–Crippen MR) is 110 cm³/mol. The Balaban J connectivity index is 1.65. The van der Waals surface area contributed by atoms with Gasteiger partial charge in [0.15, 0.2) is 0 Å². The number of ether oxygens (including phenoxy) is 1. The van der Waals surface area contributed by atoms with Crippen molar-refractivity contribution in [2.75, 3.05) is 13.7 Å². The van der Waals surface area contributed by atoms with Crippen LogP contribution in [0.1, 0.15) is 29.6 Å². The lowest BCUT2D eigenvalue weighted by atomic mass is 9.92. The second kappa shape index (κ2) is 8.61. The van der Waals surface area contributed by atoms with Gasteiger partial charge >= 0.3 is 0 Å². The van der Waals surface area contributed by atoms with E-state index in [-0.39, 0.29) is 36.1 Å². The van der Waals surface area contributed by atoms with Crippen LogP contribution in [0.5, 0.6) is 5.75 Å². The average molecular weight is 410 g/mol. The summed E-state index contributed by atoms with van der Waals surface area (Å²) in [6.45, 7) is 0.109. The predicted octanol–water partition coefficient (Wildman–Crippen LogP) is 5.70. The third kappa shape index (κ3) is 4.48. The van der Waals surface area contributed by atoms with Gasteiger partial charge in [0.25, 0.3) is 0 Å². The van der Waals surface area contributed by atoms with Gasteiger partial charge in [-0.15, -0.1) is 0 Å². The minimum Gasteiger partial charge on any atom is -0.486 e. The first kappa shape index (κ1) is 20.0. The summed E-state index contributed by atoms with van der Waals surface area (Å²) in [5.41, 5.74) is 1.55. The Kier molecular flexibility index (Phi) is 5.74. The number of hydrogen-bond acceptors (Lipinski definition) is 3. The lowest BCUT2D eigenvalue weighted by molar-refractivity contribution is 0.273. The molecular formula is C24H21F3N2O. The van der Waals surface area contributed by atoms with Crippen LogP contribution in [0, 0.1) is 17.5 Å². The number of nitrogens with zero attached hydrogens (tertiary/aromatic N) is 2. The Morgan fingerprint density at radius 3 is 2.13 bits per heavy atom. The molecule has 4 rings (SSSR count). The molecule has 0 fully saturated rings. The molecule has 154 valence electrons. The first-order valence-corrected chi connectivity index (χ1v) is 9.68. The smallest absolute Gasteiger partial charge is 0.145 e. The fraction of sp³-hybridized carbons (Fsp3) is 0.208. The summed E-state index contributed by atoms with van der Waals surface area (Å²) in [4.78, 5) is 6.71. The van der Waals surface area contributed by atoms with E-state index in [0.29, 0.717) is 18.0 Å². The zero-order valence-electron chi connectivity index (χ0n) is 16.4. The summed E-state index contributed by atoms with van der Waals surface area (Å²) in [6, 6.07) is 18.2. The molecule has 0 aromatic heterocycles. The van der Waals surface area contributed by atoms with Crippen LogP contribution >= 0.6 is 0 Å². The highest BCUT2D eigenvalue weighted by Crippen LogP contribution is 2.37. The van der Waals surface area contributed by atoms with Crippen LogP contribution in [0.4, 0.5) is 13.2 Å². The van der Waals surface area contributed by atoms with Crippen LogP contribution in [0.3, 0.4) is 0 Å². The highest BCUT2D eigenvalue weighted by atomic mass is 19.1. The van der Waals surface area contributed by atoms with E-state index in [0.717, 1.165) is 11.1 Å². The van der Waals surface area contributed by atoms with E-state index in [9.17, 15) is 13.2 Å². The molecule has 2 atom stereocenters. The van der Waals surface area contributed by atoms with E-state index in [1.807, 2.05) is 24.1 Å². The SMILES string of the molecule is CN1C(COc2cccc(F)c2)=N[C@H](c2cccc(F)c2)CC1c1cccc(F)c1. The molecule has 1 unspecified atom stereocenters. The van der Waals surface area contributed by atoms with Gasteiger partial charge in [-0.25, -0.2) is 13.2 Å². The lowest BCUT2D eigenvalue weighted by Crippen LogP contribution is -2.39. The summed E-state index contributed by atoms with van der Waals surface area (Å²) in [7, 11) is 1.87. The van der Waals surface area contributed by atoms with Crippen molar-refractivity contribution in [1.82, 2.24) is 4.90 Å². The molecular weight excluding hydrogens is 389 g/mol. The monoisotopic (exact) mass is 410 g/mol. The number of benzene rings is 3. The summed E-state index contributed by atoms with van der Waals surface area (Å²) in [5, 5.41) is 0. The lowest BCUT2D eigenvalue weighted by Gasteiger charge is -2.38. The van der Waals surface area contributed by atoms with E-state index in [1.54, 1.807) is 24.3 Å². The molecule has 0 aliphatic carbocycles. The number of halogens is 3. The number of amidine groups is 1. The molecule has 3 aromatic carbocycles. The van der Waals surface area contributed by atoms with Crippen molar-refractivity contribution in [3.05, 3.63) is 101 Å². The Morgan fingerprint density at radius 2 is 1.47 bits per heavy atom. The molecule has 0 spiro atoms. The number of rotatable bonds is 5. The Labute approximate surface area is 173 Å². The number of likely N-dealkylation sites (N-methyl/N-ethyl adjacent to an activating group) is 1. The molecule has 1 aliphatic rings. The Morgan fingerprint density at radius 1 is 0.867 bits per heavy atom. The van der Waals surface area contributed by atoms with Crippen LogP contribution in [0.25, 0.3) is 0 Å². The van der Waals surface area contributed by atoms with Crippen LogP contribution in [-0.2, 0) is 0 Å². The molecule has 0 N–H and O–H groups in total. The first-order chi connectivity index (χ1) is 14.5. The maximum Gasteiger partial charge on any atom is 0.145 e. The van der Waals surface area contributed by atoms with Crippen molar-refractivity contribution in [3.8, 4) is 5.75 Å². The third-order valence-corrected chi connectivity index (χ3v) is 5.26. The molecule has 3 aromatic rings. The van der Waals surface area contributed by atoms with Crippen molar-refractivity contribution in [2.24, 2.45) is 4.99 Å². The number of aliphatic imine (C=N–C) groups is 1. The van der Waals surface area contributed by atoms with E-state index in [1.165, 1.54) is 36.4 Å². The van der Waals surface area contributed by atoms with Crippen LogP contribution in [0.2, 0.25) is 0 Å². The molecule has 1 aliphatic heterocycles. The first-order valence-electron chi connectivity index (χ1n) is 9.68. The Bertz CT molecular complexity index is 1070. The summed E-state index contributed by atoms with van der Waals surface area (Å²) >= 11 is 0. The molecule has 1 heterocycles. The Hall–Kier alpha value is -3.28. The van der Waals surface area contributed by atoms with E-state index in [4.69, 9.17) is 9.73 Å². The molecule has 0 radical (unpaired) electrons. The van der Waals surface area contributed by atoms with Crippen molar-refractivity contribution in [3.63, 3.8) is 0 Å². The summed E-state index contributed by atoms with van der Waals surface area (Å²) < 4.78 is 46.9. The topological polar surface area (TPSA) is 24.8 Å². The van der Waals surface area contributed by atoms with Crippen LogP contribution in [0.15, 0.2) is 77.8 Å². The average Bonchev–Trinajstić information content (AvgIpc) is 2.73. The fourth-order valence-corrected chi connectivity index (χ4v) is 3.71. The zero-order chi connectivity index (χ0) is 21.1. The van der Waals surface area contributed by atoms with Gasteiger partial charge in [-0.1, -0.05) is 30.3 Å². The highest BCUT2D eigenvalue weighted by Gasteiger charge is 2.30. The van der Waals surface area contributed by atoms with Gasteiger partial charge in [0.1, 0.15) is 35.6 Å². The fourth-order valence-electron chi connectivity index (χ4n) is 3.71. The van der Waals surface area contributed by atoms with Gasteiger partial charge in [0, 0.05) is 13.1 Å². The normalized spacial score (nSPS) is 18.8. The van der Waals surface area contributed by atoms with E-state index >= 15 is 0 Å². The minimum atomic E-state index is -0.387. The van der Waals surface area contributed by atoms with Gasteiger partial charge in [-0.2, -0.15) is 0 Å². The summed E-state index contributed by atoms with van der Waals surface area (Å²) in [5.74, 6) is -0.0261. The molecule has 0 saturated heterocycles. The highest BCUT2D eigenvalue weighted by molar-refractivity contribution is 5.85. The third-order valence-electron chi connectivity index (χ3n) is 5.26. The molecule has 30 heavy (non-hydrogen) atoms. The molecule has 6 heteroatoms. The van der Waals surface area contributed by atoms with Crippen LogP contribution in [-0.4, -0.2) is 24.4 Å². The van der Waals surface area contributed by atoms with Crippen LogP contribution < -0.4 is 4.74 Å². The van der Waals surface area contributed by atoms with Crippen molar-refractivity contribution in [2.45, 2.75) is 18.5 Å². The van der Waals surface area contributed by atoms with Crippen molar-refractivity contribution >= 4 is 5.84 Å². The number of hydrogen-bond donors (Lipinski definition) is 0.